The summed E-state index contributed by atoms with van der Waals surface area (Å²) in [5, 5.41) is 4.84. The largest absolute Gasteiger partial charge is 0.478 e. The van der Waals surface area contributed by atoms with Crippen LogP contribution in [0, 0.1) is 0 Å². The van der Waals surface area contributed by atoms with Gasteiger partial charge in [0, 0.05) is 6.07 Å². The summed E-state index contributed by atoms with van der Waals surface area (Å²) in [6.07, 6.45) is 13.0. The number of carbonyl (C=O) groups is 1. The minimum atomic E-state index is -0.603. The van der Waals surface area contributed by atoms with E-state index >= 15 is 0 Å². The van der Waals surface area contributed by atoms with Gasteiger partial charge in [-0.3, -0.25) is 0 Å². The minimum absolute atomic E-state index is 0.0106. The van der Waals surface area contributed by atoms with Crippen molar-refractivity contribution in [2.45, 2.75) is 45.6 Å². The first kappa shape index (κ1) is 18.0. The normalized spacial score (nSPS) is 14.8. The Kier molecular flexibility index (Phi) is 7.26. The summed E-state index contributed by atoms with van der Waals surface area (Å²) in [7, 11) is 0. The van der Waals surface area contributed by atoms with Crippen LogP contribution >= 0.6 is 0 Å². The van der Waals surface area contributed by atoms with Crippen molar-refractivity contribution < 1.29 is 14.3 Å². The first-order valence-electron chi connectivity index (χ1n) is 8.51. The van der Waals surface area contributed by atoms with E-state index in [4.69, 9.17) is 9.47 Å². The summed E-state index contributed by atoms with van der Waals surface area (Å²) < 4.78 is 12.6. The Labute approximate surface area is 142 Å². The van der Waals surface area contributed by atoms with Crippen molar-refractivity contribution in [3.05, 3.63) is 41.9 Å². The smallest absolute Gasteiger partial charge is 0.434 e. The Hall–Kier alpha value is -2.37. The summed E-state index contributed by atoms with van der Waals surface area (Å²) in [4.78, 5) is 15.6. The molecule has 1 amide bonds. The molecule has 0 bridgehead atoms. The van der Waals surface area contributed by atoms with Crippen LogP contribution in [0.2, 0.25) is 0 Å². The zero-order valence-electron chi connectivity index (χ0n) is 14.4. The van der Waals surface area contributed by atoms with E-state index in [-0.39, 0.29) is 6.04 Å². The topological polar surface area (TPSA) is 65.7 Å². The number of hydrogen-bond acceptors (Lipinski definition) is 4. The number of hydrogen-bond donors (Lipinski definition) is 0. The van der Waals surface area contributed by atoms with Gasteiger partial charge in [0.05, 0.1) is 30.8 Å². The molecule has 1 aliphatic carbocycles. The Balaban J connectivity index is 2.25. The number of amides is 1. The van der Waals surface area contributed by atoms with Crippen molar-refractivity contribution in [1.82, 2.24) is 9.78 Å². The van der Waals surface area contributed by atoms with Gasteiger partial charge in [0.15, 0.2) is 0 Å². The Morgan fingerprint density at radius 3 is 2.79 bits per heavy atom. The van der Waals surface area contributed by atoms with Crippen molar-refractivity contribution in [3.63, 3.8) is 0 Å². The Bertz CT molecular complexity index is 650. The minimum Gasteiger partial charge on any atom is -0.478 e. The molecule has 0 spiro atoms. The van der Waals surface area contributed by atoms with Gasteiger partial charge in [-0.05, 0) is 19.3 Å². The number of carbonyl (C=O) groups excluding carboxylic acids is 1. The van der Waals surface area contributed by atoms with Crippen LogP contribution in [0.15, 0.2) is 41.6 Å². The van der Waals surface area contributed by atoms with Crippen LogP contribution in [0.1, 0.15) is 45.6 Å². The van der Waals surface area contributed by atoms with Gasteiger partial charge in [-0.15, -0.1) is 0 Å². The lowest BCUT2D eigenvalue weighted by Crippen LogP contribution is -2.19. The molecule has 0 fully saturated rings. The number of rotatable bonds is 7. The van der Waals surface area contributed by atoms with Crippen LogP contribution in [-0.2, 0) is 4.74 Å². The predicted molar refractivity (Wildman–Crippen MR) is 91.8 cm³/mol. The SMILES string of the molecule is CCCCOc1cc(=NC(=O)OCCC)cnn1C1C=CCC=C1. The number of allylic oxidation sites excluding steroid dienone is 4. The van der Waals surface area contributed by atoms with Gasteiger partial charge in [0.2, 0.25) is 5.88 Å². The molecule has 1 aromatic heterocycles. The highest BCUT2D eigenvalue weighted by Gasteiger charge is 2.12. The highest BCUT2D eigenvalue weighted by Crippen LogP contribution is 2.20. The number of unbranched alkanes of at least 4 members (excludes halogenated alkanes) is 1. The fraction of sp³-hybridized carbons (Fsp3) is 0.500. The summed E-state index contributed by atoms with van der Waals surface area (Å²) in [5.74, 6) is 0.592. The van der Waals surface area contributed by atoms with E-state index in [1.165, 1.54) is 0 Å². The Morgan fingerprint density at radius 2 is 2.08 bits per heavy atom. The van der Waals surface area contributed by atoms with Crippen LogP contribution in [0.3, 0.4) is 0 Å². The van der Waals surface area contributed by atoms with Gasteiger partial charge in [0.1, 0.15) is 0 Å². The zero-order valence-corrected chi connectivity index (χ0v) is 14.4. The van der Waals surface area contributed by atoms with Crippen molar-refractivity contribution in [1.29, 1.82) is 0 Å². The molecule has 1 aliphatic rings. The number of aromatic nitrogens is 2. The lowest BCUT2D eigenvalue weighted by atomic mass is 10.1. The van der Waals surface area contributed by atoms with Crippen LogP contribution in [-0.4, -0.2) is 29.1 Å². The van der Waals surface area contributed by atoms with Crippen molar-refractivity contribution >= 4 is 6.09 Å². The molecule has 6 heteroatoms. The quantitative estimate of drug-likeness (QED) is 0.566. The molecule has 0 saturated heterocycles. The van der Waals surface area contributed by atoms with Crippen LogP contribution in [0.4, 0.5) is 4.79 Å². The third kappa shape index (κ3) is 5.37. The van der Waals surface area contributed by atoms with Gasteiger partial charge >= 0.3 is 6.09 Å². The molecule has 0 N–H and O–H groups in total. The van der Waals surface area contributed by atoms with Crippen molar-refractivity contribution in [2.75, 3.05) is 13.2 Å². The molecule has 0 unspecified atom stereocenters. The molecule has 0 aliphatic heterocycles. The summed E-state index contributed by atoms with van der Waals surface area (Å²) >= 11 is 0. The van der Waals surface area contributed by atoms with E-state index < -0.39 is 6.09 Å². The highest BCUT2D eigenvalue weighted by molar-refractivity contribution is 5.68. The maximum atomic E-state index is 11.6. The van der Waals surface area contributed by atoms with Crippen molar-refractivity contribution in [3.8, 4) is 5.88 Å². The Morgan fingerprint density at radius 1 is 1.29 bits per heavy atom. The van der Waals surface area contributed by atoms with E-state index in [9.17, 15) is 4.79 Å². The lowest BCUT2D eigenvalue weighted by Gasteiger charge is -2.18. The third-order valence-electron chi connectivity index (χ3n) is 3.43. The van der Waals surface area contributed by atoms with Crippen LogP contribution in [0.5, 0.6) is 5.88 Å². The standard InChI is InChI=1S/C18H25N3O3/c1-3-5-12-23-17-13-15(20-18(22)24-11-4-2)14-19-21(17)16-9-7-6-8-10-16/h7-10,13-14,16H,3-6,11-12H2,1-2H3. The average Bonchev–Trinajstić information content (AvgIpc) is 2.61. The molecular weight excluding hydrogens is 306 g/mol. The van der Waals surface area contributed by atoms with Gasteiger partial charge < -0.3 is 9.47 Å². The first-order chi connectivity index (χ1) is 11.7. The van der Waals surface area contributed by atoms with Gasteiger partial charge in [-0.1, -0.05) is 44.6 Å². The van der Waals surface area contributed by atoms with Gasteiger partial charge in [0.25, 0.3) is 0 Å². The molecule has 6 nitrogen and oxygen atoms in total. The third-order valence-corrected chi connectivity index (χ3v) is 3.43. The van der Waals surface area contributed by atoms with E-state index in [1.54, 1.807) is 16.9 Å². The molecule has 0 atom stereocenters. The maximum absolute atomic E-state index is 11.6. The number of nitrogens with zero attached hydrogens (tertiary/aromatic N) is 3. The van der Waals surface area contributed by atoms with E-state index in [0.29, 0.717) is 24.5 Å². The second-order valence-electron chi connectivity index (χ2n) is 5.51. The van der Waals surface area contributed by atoms with E-state index in [2.05, 4.69) is 41.3 Å². The van der Waals surface area contributed by atoms with Crippen LogP contribution in [0.25, 0.3) is 0 Å². The van der Waals surface area contributed by atoms with E-state index in [1.807, 2.05) is 6.92 Å². The fourth-order valence-electron chi connectivity index (χ4n) is 2.19. The summed E-state index contributed by atoms with van der Waals surface area (Å²) in [5.41, 5.74) is 0. The lowest BCUT2D eigenvalue weighted by molar-refractivity contribution is 0.156. The predicted octanol–water partition coefficient (Wildman–Crippen LogP) is 3.57. The molecule has 24 heavy (non-hydrogen) atoms. The zero-order chi connectivity index (χ0) is 17.2. The van der Waals surface area contributed by atoms with Crippen molar-refractivity contribution in [2.24, 2.45) is 4.99 Å². The first-order valence-corrected chi connectivity index (χ1v) is 8.51. The van der Waals surface area contributed by atoms with Gasteiger partial charge in [-0.25, -0.2) is 9.48 Å². The maximum Gasteiger partial charge on any atom is 0.434 e. The average molecular weight is 331 g/mol. The fourth-order valence-corrected chi connectivity index (χ4v) is 2.19. The summed E-state index contributed by atoms with van der Waals surface area (Å²) in [6, 6.07) is 1.74. The second kappa shape index (κ2) is 9.70. The van der Waals surface area contributed by atoms with Gasteiger partial charge in [-0.2, -0.15) is 10.1 Å². The molecule has 130 valence electrons. The van der Waals surface area contributed by atoms with E-state index in [0.717, 1.165) is 25.7 Å². The molecular formula is C18H25N3O3. The molecule has 0 aromatic carbocycles. The monoisotopic (exact) mass is 331 g/mol. The molecule has 0 saturated carbocycles. The highest BCUT2D eigenvalue weighted by atomic mass is 16.5. The molecule has 1 aromatic rings. The summed E-state index contributed by atoms with van der Waals surface area (Å²) in [6.45, 7) is 5.01. The molecule has 2 rings (SSSR count). The molecule has 1 heterocycles. The molecule has 0 radical (unpaired) electrons. The van der Waals surface area contributed by atoms with Crippen LogP contribution < -0.4 is 10.1 Å². The second-order valence-corrected chi connectivity index (χ2v) is 5.51. The number of ether oxygens (including phenoxy) is 2.